The molecule has 0 radical (unpaired) electrons. The molecule has 3 atom stereocenters. The van der Waals surface area contributed by atoms with Gasteiger partial charge in [-0.25, -0.2) is 0 Å². The molecule has 2 aliphatic rings. The topological polar surface area (TPSA) is 33.0 Å². The zero-order valence-corrected chi connectivity index (χ0v) is 10.3. The zero-order valence-electron chi connectivity index (χ0n) is 10.3. The van der Waals surface area contributed by atoms with Crippen LogP contribution in [0, 0.1) is 23.2 Å². The van der Waals surface area contributed by atoms with Gasteiger partial charge >= 0.3 is 0 Å². The Labute approximate surface area is 98.3 Å². The van der Waals surface area contributed by atoms with Crippen molar-refractivity contribution in [3.63, 3.8) is 0 Å². The Kier molecular flexibility index (Phi) is 3.35. The van der Waals surface area contributed by atoms with Gasteiger partial charge in [0.2, 0.25) is 0 Å². The summed E-state index contributed by atoms with van der Waals surface area (Å²) in [5.74, 6) is 1.52. The Morgan fingerprint density at radius 3 is 3.12 bits per heavy atom. The average Bonchev–Trinajstić information content (AvgIpc) is 2.24. The molecule has 3 unspecified atom stereocenters. The van der Waals surface area contributed by atoms with Gasteiger partial charge in [-0.1, -0.05) is 11.6 Å². The van der Waals surface area contributed by atoms with E-state index in [0.717, 1.165) is 18.3 Å². The third kappa shape index (κ3) is 2.47. The van der Waals surface area contributed by atoms with Crippen LogP contribution in [-0.2, 0) is 4.74 Å². The Morgan fingerprint density at radius 1 is 1.56 bits per heavy atom. The van der Waals surface area contributed by atoms with Crippen molar-refractivity contribution in [2.24, 2.45) is 11.8 Å². The van der Waals surface area contributed by atoms with E-state index < -0.39 is 0 Å². The van der Waals surface area contributed by atoms with Crippen molar-refractivity contribution in [2.45, 2.75) is 51.6 Å². The van der Waals surface area contributed by atoms with E-state index in [1.807, 2.05) is 0 Å². The summed E-state index contributed by atoms with van der Waals surface area (Å²) in [6, 6.07) is 2.15. The lowest BCUT2D eigenvalue weighted by Crippen LogP contribution is -2.41. The van der Waals surface area contributed by atoms with E-state index in [1.54, 1.807) is 5.57 Å². The van der Waals surface area contributed by atoms with Crippen LogP contribution < -0.4 is 0 Å². The summed E-state index contributed by atoms with van der Waals surface area (Å²) in [7, 11) is 0. The van der Waals surface area contributed by atoms with Gasteiger partial charge < -0.3 is 4.74 Å². The van der Waals surface area contributed by atoms with Crippen LogP contribution in [0.1, 0.15) is 46.0 Å². The van der Waals surface area contributed by atoms with E-state index in [2.05, 4.69) is 26.0 Å². The van der Waals surface area contributed by atoms with E-state index in [1.165, 1.54) is 19.3 Å². The van der Waals surface area contributed by atoms with Gasteiger partial charge in [-0.2, -0.15) is 5.26 Å². The van der Waals surface area contributed by atoms with E-state index in [0.29, 0.717) is 13.0 Å². The van der Waals surface area contributed by atoms with Crippen LogP contribution in [0.4, 0.5) is 0 Å². The number of nitriles is 1. The molecule has 2 rings (SSSR count). The highest BCUT2D eigenvalue weighted by Gasteiger charge is 2.39. The van der Waals surface area contributed by atoms with Crippen molar-refractivity contribution in [1.29, 1.82) is 5.26 Å². The van der Waals surface area contributed by atoms with E-state index in [4.69, 9.17) is 10.00 Å². The van der Waals surface area contributed by atoms with Crippen molar-refractivity contribution in [3.8, 4) is 6.07 Å². The van der Waals surface area contributed by atoms with Gasteiger partial charge in [-0.3, -0.25) is 0 Å². The minimum Gasteiger partial charge on any atom is -0.374 e. The van der Waals surface area contributed by atoms with E-state index >= 15 is 0 Å². The van der Waals surface area contributed by atoms with Crippen LogP contribution in [-0.4, -0.2) is 12.2 Å². The second-order valence-corrected chi connectivity index (χ2v) is 5.60. The summed E-state index contributed by atoms with van der Waals surface area (Å²) < 4.78 is 5.95. The maximum atomic E-state index is 8.54. The third-order valence-electron chi connectivity index (χ3n) is 4.10. The first-order valence-electron chi connectivity index (χ1n) is 6.30. The zero-order chi connectivity index (χ0) is 11.6. The number of fused-ring (bicyclic) bond motifs is 2. The number of hydrogen-bond acceptors (Lipinski definition) is 2. The molecule has 0 aliphatic heterocycles. The van der Waals surface area contributed by atoms with Gasteiger partial charge in [0, 0.05) is 0 Å². The molecule has 0 aromatic rings. The first-order valence-corrected chi connectivity index (χ1v) is 6.30. The largest absolute Gasteiger partial charge is 0.374 e. The summed E-state index contributed by atoms with van der Waals surface area (Å²) in [6.07, 6.45) is 7.79. The van der Waals surface area contributed by atoms with Crippen molar-refractivity contribution >= 4 is 0 Å². The average molecular weight is 219 g/mol. The highest BCUT2D eigenvalue weighted by atomic mass is 16.5. The summed E-state index contributed by atoms with van der Waals surface area (Å²) in [6.45, 7) is 5.07. The molecule has 0 aromatic carbocycles. The van der Waals surface area contributed by atoms with Crippen LogP contribution in [0.15, 0.2) is 11.6 Å². The van der Waals surface area contributed by atoms with Crippen LogP contribution in [0.3, 0.4) is 0 Å². The molecule has 0 heterocycles. The number of nitrogens with zero attached hydrogens (tertiary/aromatic N) is 1. The number of rotatable bonds is 3. The smallest absolute Gasteiger partial charge is 0.0663 e. The monoisotopic (exact) mass is 219 g/mol. The molecule has 2 bridgehead atoms. The molecule has 2 heteroatoms. The van der Waals surface area contributed by atoms with Gasteiger partial charge in [0.15, 0.2) is 0 Å². The normalized spacial score (nSPS) is 37.7. The van der Waals surface area contributed by atoms with Gasteiger partial charge in [0.25, 0.3) is 0 Å². The predicted octanol–water partition coefficient (Wildman–Crippen LogP) is 3.44. The first kappa shape index (κ1) is 11.7. The Balaban J connectivity index is 1.98. The summed E-state index contributed by atoms with van der Waals surface area (Å²) in [5.41, 5.74) is 1.56. The summed E-state index contributed by atoms with van der Waals surface area (Å²) >= 11 is 0. The molecule has 16 heavy (non-hydrogen) atoms. The highest BCUT2D eigenvalue weighted by Crippen LogP contribution is 2.45. The van der Waals surface area contributed by atoms with Crippen LogP contribution >= 0.6 is 0 Å². The molecule has 0 amide bonds. The van der Waals surface area contributed by atoms with Crippen molar-refractivity contribution in [1.82, 2.24) is 0 Å². The fraction of sp³-hybridized carbons (Fsp3) is 0.786. The highest BCUT2D eigenvalue weighted by molar-refractivity contribution is 5.13. The lowest BCUT2D eigenvalue weighted by atomic mass is 9.67. The van der Waals surface area contributed by atoms with E-state index in [-0.39, 0.29) is 5.60 Å². The predicted molar refractivity (Wildman–Crippen MR) is 63.8 cm³/mol. The van der Waals surface area contributed by atoms with Gasteiger partial charge in [0.05, 0.1) is 24.7 Å². The minimum absolute atomic E-state index is 0.0138. The van der Waals surface area contributed by atoms with Crippen LogP contribution in [0.2, 0.25) is 0 Å². The minimum atomic E-state index is 0.0138. The van der Waals surface area contributed by atoms with E-state index in [9.17, 15) is 0 Å². The Hall–Kier alpha value is -0.810. The number of allylic oxidation sites excluding steroid dienone is 2. The lowest BCUT2D eigenvalue weighted by Gasteiger charge is -2.44. The van der Waals surface area contributed by atoms with Crippen LogP contribution in [0.5, 0.6) is 0 Å². The molecule has 2 aliphatic carbocycles. The standard InChI is InChI=1S/C14H21NO/c1-11-4-5-12-8-13(11)10-14(2,9-12)16-7-3-6-15/h4,12-13H,3,5,7-10H2,1-2H3. The van der Waals surface area contributed by atoms with Gasteiger partial charge in [-0.15, -0.1) is 0 Å². The summed E-state index contributed by atoms with van der Waals surface area (Å²) in [4.78, 5) is 0. The maximum absolute atomic E-state index is 8.54. The molecule has 0 spiro atoms. The fourth-order valence-electron chi connectivity index (χ4n) is 3.29. The van der Waals surface area contributed by atoms with Gasteiger partial charge in [-0.05, 0) is 51.4 Å². The quantitative estimate of drug-likeness (QED) is 0.538. The Morgan fingerprint density at radius 2 is 2.38 bits per heavy atom. The van der Waals surface area contributed by atoms with Crippen molar-refractivity contribution in [3.05, 3.63) is 11.6 Å². The second kappa shape index (κ2) is 4.59. The number of ether oxygens (including phenoxy) is 1. The molecular formula is C14H21NO. The molecule has 1 saturated carbocycles. The second-order valence-electron chi connectivity index (χ2n) is 5.60. The van der Waals surface area contributed by atoms with Crippen LogP contribution in [0.25, 0.3) is 0 Å². The molecule has 1 fully saturated rings. The molecule has 88 valence electrons. The third-order valence-corrected chi connectivity index (χ3v) is 4.10. The molecule has 0 saturated heterocycles. The molecule has 0 N–H and O–H groups in total. The van der Waals surface area contributed by atoms with Crippen molar-refractivity contribution in [2.75, 3.05) is 6.61 Å². The first-order chi connectivity index (χ1) is 7.63. The van der Waals surface area contributed by atoms with Crippen molar-refractivity contribution < 1.29 is 4.74 Å². The SMILES string of the molecule is CC1=CCC2CC1CC(C)(OCCC#N)C2. The van der Waals surface area contributed by atoms with Gasteiger partial charge in [0.1, 0.15) is 0 Å². The molecule has 0 aromatic heterocycles. The lowest BCUT2D eigenvalue weighted by molar-refractivity contribution is -0.0798. The molecular weight excluding hydrogens is 198 g/mol. The number of hydrogen-bond donors (Lipinski definition) is 0. The maximum Gasteiger partial charge on any atom is 0.0663 e. The Bertz CT molecular complexity index is 328. The fourth-order valence-corrected chi connectivity index (χ4v) is 3.29. The summed E-state index contributed by atoms with van der Waals surface area (Å²) in [5, 5.41) is 8.54. The molecule has 2 nitrogen and oxygen atoms in total.